The van der Waals surface area contributed by atoms with Gasteiger partial charge in [-0.05, 0) is 25.0 Å². The van der Waals surface area contributed by atoms with Crippen LogP contribution in [0.15, 0.2) is 34.2 Å². The first-order valence-corrected chi connectivity index (χ1v) is 7.70. The Bertz CT molecular complexity index is 756. The molecule has 0 fully saturated rings. The van der Waals surface area contributed by atoms with E-state index in [9.17, 15) is 4.79 Å². The first-order valence-electron chi connectivity index (χ1n) is 6.72. The smallest absolute Gasteiger partial charge is 0.257 e. The van der Waals surface area contributed by atoms with Crippen LogP contribution in [0.3, 0.4) is 0 Å². The summed E-state index contributed by atoms with van der Waals surface area (Å²) >= 11 is 1.41. The lowest BCUT2D eigenvalue weighted by molar-refractivity contribution is 0.684. The van der Waals surface area contributed by atoms with Gasteiger partial charge in [-0.15, -0.1) is 6.42 Å². The topological polar surface area (TPSA) is 34.9 Å². The van der Waals surface area contributed by atoms with Crippen molar-refractivity contribution in [2.75, 3.05) is 5.75 Å². The number of hydrogen-bond donors (Lipinski definition) is 0. The van der Waals surface area contributed by atoms with E-state index in [1.165, 1.54) is 17.3 Å². The molecule has 0 spiro atoms. The molecule has 0 radical (unpaired) electrons. The minimum absolute atomic E-state index is 0.00488. The Hall–Kier alpha value is -1.99. The maximum atomic E-state index is 12.5. The quantitative estimate of drug-likeness (QED) is 0.494. The van der Waals surface area contributed by atoms with Crippen LogP contribution in [-0.4, -0.2) is 15.3 Å². The van der Waals surface area contributed by atoms with E-state index in [1.807, 2.05) is 19.1 Å². The molecule has 2 rings (SSSR count). The highest BCUT2D eigenvalue weighted by Crippen LogP contribution is 2.17. The molecule has 0 aliphatic rings. The SMILES string of the molecule is C#CCSc1nc(C)c(Cc2ccccc2C)c(=O)n1C. The fourth-order valence-corrected chi connectivity index (χ4v) is 2.86. The Balaban J connectivity index is 2.42. The molecular formula is C17H18N2OS. The van der Waals surface area contributed by atoms with Crippen molar-refractivity contribution in [2.24, 2.45) is 7.05 Å². The molecule has 0 bridgehead atoms. The van der Waals surface area contributed by atoms with Crippen molar-refractivity contribution in [2.45, 2.75) is 25.4 Å². The Morgan fingerprint density at radius 3 is 2.71 bits per heavy atom. The predicted octanol–water partition coefficient (Wildman–Crippen LogP) is 2.71. The van der Waals surface area contributed by atoms with Crippen LogP contribution in [0.1, 0.15) is 22.4 Å². The lowest BCUT2D eigenvalue weighted by Gasteiger charge is -2.12. The Kier molecular flexibility index (Phi) is 4.87. The van der Waals surface area contributed by atoms with Crippen molar-refractivity contribution >= 4 is 11.8 Å². The van der Waals surface area contributed by atoms with E-state index < -0.39 is 0 Å². The molecule has 21 heavy (non-hydrogen) atoms. The predicted molar refractivity (Wildman–Crippen MR) is 87.8 cm³/mol. The van der Waals surface area contributed by atoms with Gasteiger partial charge in [-0.1, -0.05) is 41.9 Å². The van der Waals surface area contributed by atoms with Gasteiger partial charge >= 0.3 is 0 Å². The zero-order valence-electron chi connectivity index (χ0n) is 12.5. The molecule has 0 amide bonds. The Morgan fingerprint density at radius 1 is 1.33 bits per heavy atom. The highest BCUT2D eigenvalue weighted by atomic mass is 32.2. The molecule has 0 N–H and O–H groups in total. The molecule has 4 heteroatoms. The minimum atomic E-state index is 0.00488. The summed E-state index contributed by atoms with van der Waals surface area (Å²) in [6.45, 7) is 3.94. The van der Waals surface area contributed by atoms with Crippen molar-refractivity contribution in [3.63, 3.8) is 0 Å². The molecule has 0 saturated heterocycles. The number of aryl methyl sites for hydroxylation is 2. The number of terminal acetylenes is 1. The van der Waals surface area contributed by atoms with Crippen LogP contribution in [0.25, 0.3) is 0 Å². The van der Waals surface area contributed by atoms with E-state index in [4.69, 9.17) is 6.42 Å². The minimum Gasteiger partial charge on any atom is -0.290 e. The molecule has 0 saturated carbocycles. The Labute approximate surface area is 129 Å². The van der Waals surface area contributed by atoms with Gasteiger partial charge in [0.15, 0.2) is 5.16 Å². The van der Waals surface area contributed by atoms with Gasteiger partial charge in [-0.3, -0.25) is 9.36 Å². The number of hydrogen-bond acceptors (Lipinski definition) is 3. The number of benzene rings is 1. The Morgan fingerprint density at radius 2 is 2.05 bits per heavy atom. The summed E-state index contributed by atoms with van der Waals surface area (Å²) in [5.41, 5.74) is 3.87. The van der Waals surface area contributed by atoms with Gasteiger partial charge in [0.1, 0.15) is 0 Å². The van der Waals surface area contributed by atoms with E-state index in [0.717, 1.165) is 16.8 Å². The van der Waals surface area contributed by atoms with Gasteiger partial charge in [0.2, 0.25) is 0 Å². The monoisotopic (exact) mass is 298 g/mol. The molecule has 0 aliphatic carbocycles. The average molecular weight is 298 g/mol. The summed E-state index contributed by atoms with van der Waals surface area (Å²) in [5, 5.41) is 0.670. The fraction of sp³-hybridized carbons (Fsp3) is 0.294. The molecule has 1 aromatic heterocycles. The van der Waals surface area contributed by atoms with Crippen molar-refractivity contribution in [3.8, 4) is 12.3 Å². The maximum Gasteiger partial charge on any atom is 0.257 e. The molecule has 1 aromatic carbocycles. The number of rotatable bonds is 4. The molecule has 0 atom stereocenters. The number of nitrogens with zero attached hydrogens (tertiary/aromatic N) is 2. The summed E-state index contributed by atoms with van der Waals surface area (Å²) in [4.78, 5) is 17.1. The summed E-state index contributed by atoms with van der Waals surface area (Å²) < 4.78 is 1.59. The van der Waals surface area contributed by atoms with Gasteiger partial charge in [0.25, 0.3) is 5.56 Å². The van der Waals surface area contributed by atoms with E-state index in [1.54, 1.807) is 11.6 Å². The molecule has 2 aromatic rings. The van der Waals surface area contributed by atoms with Crippen molar-refractivity contribution in [1.82, 2.24) is 9.55 Å². The standard InChI is InChI=1S/C17H18N2OS/c1-5-10-21-17-18-13(3)15(16(20)19(17)4)11-14-9-7-6-8-12(14)2/h1,6-9H,10-11H2,2-4H3. The fourth-order valence-electron chi connectivity index (χ4n) is 2.17. The summed E-state index contributed by atoms with van der Waals surface area (Å²) in [6.07, 6.45) is 5.87. The van der Waals surface area contributed by atoms with Gasteiger partial charge in [-0.25, -0.2) is 4.98 Å². The lowest BCUT2D eigenvalue weighted by atomic mass is 10.0. The highest BCUT2D eigenvalue weighted by Gasteiger charge is 2.13. The van der Waals surface area contributed by atoms with Gasteiger partial charge < -0.3 is 0 Å². The third-order valence-corrected chi connectivity index (χ3v) is 4.40. The first-order chi connectivity index (χ1) is 10.0. The van der Waals surface area contributed by atoms with Gasteiger partial charge in [0, 0.05) is 24.7 Å². The van der Waals surface area contributed by atoms with E-state index in [-0.39, 0.29) is 5.56 Å². The van der Waals surface area contributed by atoms with Crippen LogP contribution in [0.2, 0.25) is 0 Å². The van der Waals surface area contributed by atoms with Crippen molar-refractivity contribution in [1.29, 1.82) is 0 Å². The second kappa shape index (κ2) is 6.64. The highest BCUT2D eigenvalue weighted by molar-refractivity contribution is 7.99. The number of aromatic nitrogens is 2. The second-order valence-corrected chi connectivity index (χ2v) is 5.86. The zero-order valence-corrected chi connectivity index (χ0v) is 13.3. The van der Waals surface area contributed by atoms with Crippen LogP contribution in [-0.2, 0) is 13.5 Å². The van der Waals surface area contributed by atoms with Crippen molar-refractivity contribution in [3.05, 3.63) is 57.0 Å². The molecule has 3 nitrogen and oxygen atoms in total. The molecule has 0 unspecified atom stereocenters. The normalized spacial score (nSPS) is 10.4. The summed E-state index contributed by atoms with van der Waals surface area (Å²) in [7, 11) is 1.75. The third kappa shape index (κ3) is 3.37. The summed E-state index contributed by atoms with van der Waals surface area (Å²) in [5.74, 6) is 3.06. The lowest BCUT2D eigenvalue weighted by Crippen LogP contribution is -2.26. The molecular weight excluding hydrogens is 280 g/mol. The van der Waals surface area contributed by atoms with Crippen LogP contribution in [0.4, 0.5) is 0 Å². The largest absolute Gasteiger partial charge is 0.290 e. The van der Waals surface area contributed by atoms with Crippen LogP contribution in [0.5, 0.6) is 0 Å². The maximum absolute atomic E-state index is 12.5. The van der Waals surface area contributed by atoms with E-state index in [2.05, 4.69) is 30.0 Å². The molecule has 1 heterocycles. The van der Waals surface area contributed by atoms with Gasteiger partial charge in [-0.2, -0.15) is 0 Å². The van der Waals surface area contributed by atoms with Crippen LogP contribution in [0, 0.1) is 26.2 Å². The van der Waals surface area contributed by atoms with E-state index in [0.29, 0.717) is 17.3 Å². The van der Waals surface area contributed by atoms with Gasteiger partial charge in [0.05, 0.1) is 5.75 Å². The van der Waals surface area contributed by atoms with Crippen LogP contribution < -0.4 is 5.56 Å². The molecule has 0 aliphatic heterocycles. The molecule has 108 valence electrons. The zero-order chi connectivity index (χ0) is 15.4. The van der Waals surface area contributed by atoms with Crippen LogP contribution >= 0.6 is 11.8 Å². The summed E-state index contributed by atoms with van der Waals surface area (Å²) in [6, 6.07) is 8.10. The second-order valence-electron chi connectivity index (χ2n) is 4.92. The first kappa shape index (κ1) is 15.4. The average Bonchev–Trinajstić information content (AvgIpc) is 2.47. The van der Waals surface area contributed by atoms with Crippen molar-refractivity contribution < 1.29 is 0 Å². The third-order valence-electron chi connectivity index (χ3n) is 3.46. The van der Waals surface area contributed by atoms with E-state index >= 15 is 0 Å². The number of thioether (sulfide) groups is 1.